The molecule has 0 spiro atoms. The first-order valence-electron chi connectivity index (χ1n) is 15.3. The van der Waals surface area contributed by atoms with Crippen LogP contribution < -0.4 is 0 Å². The SMILES string of the molecule is CN1CCC(c2cccc(Cc3ccccc3)n2)CC1.O=C(O)C(CC1CCC1)N1CCC(c2cccc(F)c2)C1. The fourth-order valence-electron chi connectivity index (χ4n) is 6.49. The maximum Gasteiger partial charge on any atom is 0.320 e. The standard InChI is InChI=1S/C18H22N2.C17H22FNO2/c1-20-12-10-16(11-13-20)18-9-5-8-17(19-18)14-15-6-3-2-4-7-15;18-15-6-2-5-13(10-15)14-7-8-19(11-14)16(17(20)21)9-12-3-1-4-12/h2-9,16H,10-14H2,1H3;2,5-6,10,12,14,16H,1,3-4,7-9,11H2,(H,20,21). The third kappa shape index (κ3) is 8.23. The smallest absolute Gasteiger partial charge is 0.320 e. The number of aromatic nitrogens is 1. The van der Waals surface area contributed by atoms with Gasteiger partial charge in [0, 0.05) is 30.3 Å². The van der Waals surface area contributed by atoms with Crippen LogP contribution in [0.5, 0.6) is 0 Å². The Labute approximate surface area is 244 Å². The van der Waals surface area contributed by atoms with Crippen LogP contribution in [0.2, 0.25) is 0 Å². The van der Waals surface area contributed by atoms with Crippen LogP contribution in [0.1, 0.15) is 79.3 Å². The fourth-order valence-corrected chi connectivity index (χ4v) is 6.49. The van der Waals surface area contributed by atoms with Crippen LogP contribution in [-0.2, 0) is 11.2 Å². The molecule has 2 unspecified atom stereocenters. The number of pyridine rings is 1. The van der Waals surface area contributed by atoms with Gasteiger partial charge in [-0.3, -0.25) is 14.7 Å². The summed E-state index contributed by atoms with van der Waals surface area (Å²) in [5.74, 6) is 0.558. The number of carbonyl (C=O) groups is 1. The summed E-state index contributed by atoms with van der Waals surface area (Å²) in [4.78, 5) is 20.9. The minimum Gasteiger partial charge on any atom is -0.480 e. The first-order valence-corrected chi connectivity index (χ1v) is 15.3. The fraction of sp³-hybridized carbons (Fsp3) is 0.486. The van der Waals surface area contributed by atoms with E-state index in [1.807, 2.05) is 6.07 Å². The van der Waals surface area contributed by atoms with Crippen molar-refractivity contribution in [2.45, 2.75) is 69.2 Å². The number of carboxylic acid groups (broad SMARTS) is 1. The van der Waals surface area contributed by atoms with Crippen molar-refractivity contribution in [2.24, 2.45) is 5.92 Å². The molecule has 1 aromatic heterocycles. The van der Waals surface area contributed by atoms with Gasteiger partial charge >= 0.3 is 5.97 Å². The summed E-state index contributed by atoms with van der Waals surface area (Å²) in [5, 5.41) is 9.50. The van der Waals surface area contributed by atoms with Crippen molar-refractivity contribution in [1.29, 1.82) is 0 Å². The number of carboxylic acids is 1. The molecule has 1 N–H and O–H groups in total. The third-order valence-corrected chi connectivity index (χ3v) is 9.24. The van der Waals surface area contributed by atoms with E-state index in [0.29, 0.717) is 11.8 Å². The monoisotopic (exact) mass is 557 g/mol. The van der Waals surface area contributed by atoms with Gasteiger partial charge in [0.15, 0.2) is 0 Å². The number of hydrogen-bond acceptors (Lipinski definition) is 4. The van der Waals surface area contributed by atoms with Crippen LogP contribution in [0, 0.1) is 11.7 Å². The molecule has 2 aromatic carbocycles. The van der Waals surface area contributed by atoms with Crippen molar-refractivity contribution >= 4 is 5.97 Å². The lowest BCUT2D eigenvalue weighted by atomic mass is 9.80. The molecule has 3 fully saturated rings. The van der Waals surface area contributed by atoms with E-state index in [-0.39, 0.29) is 17.8 Å². The van der Waals surface area contributed by atoms with Gasteiger partial charge in [0.1, 0.15) is 11.9 Å². The molecule has 1 saturated carbocycles. The Morgan fingerprint density at radius 3 is 2.34 bits per heavy atom. The average molecular weight is 558 g/mol. The topological polar surface area (TPSA) is 56.7 Å². The van der Waals surface area contributed by atoms with Crippen LogP contribution in [-0.4, -0.2) is 65.1 Å². The largest absolute Gasteiger partial charge is 0.480 e. The molecule has 2 atom stereocenters. The lowest BCUT2D eigenvalue weighted by Gasteiger charge is -2.32. The number of likely N-dealkylation sites (tertiary alicyclic amines) is 2. The van der Waals surface area contributed by atoms with Crippen molar-refractivity contribution in [3.8, 4) is 0 Å². The minimum atomic E-state index is -0.707. The molecule has 3 aromatic rings. The van der Waals surface area contributed by atoms with E-state index in [4.69, 9.17) is 4.98 Å². The van der Waals surface area contributed by atoms with E-state index < -0.39 is 5.97 Å². The summed E-state index contributed by atoms with van der Waals surface area (Å²) in [5.41, 5.74) is 4.80. The molecule has 1 aliphatic carbocycles. The summed E-state index contributed by atoms with van der Waals surface area (Å²) >= 11 is 0. The molecule has 6 rings (SSSR count). The Kier molecular flexibility index (Phi) is 10.2. The van der Waals surface area contributed by atoms with E-state index in [0.717, 1.165) is 37.9 Å². The highest BCUT2D eigenvalue weighted by atomic mass is 19.1. The second kappa shape index (κ2) is 14.2. The molecular weight excluding hydrogens is 513 g/mol. The average Bonchev–Trinajstić information content (AvgIpc) is 3.44. The summed E-state index contributed by atoms with van der Waals surface area (Å²) in [6.07, 6.45) is 8.67. The van der Waals surface area contributed by atoms with Crippen LogP contribution in [0.4, 0.5) is 4.39 Å². The second-order valence-corrected chi connectivity index (χ2v) is 12.2. The molecule has 3 aliphatic rings. The van der Waals surface area contributed by atoms with Gasteiger partial charge in [-0.05, 0) is 99.6 Å². The third-order valence-electron chi connectivity index (χ3n) is 9.24. The Balaban J connectivity index is 0.000000165. The molecule has 0 amide bonds. The zero-order valence-corrected chi connectivity index (χ0v) is 24.3. The number of nitrogens with zero attached hydrogens (tertiary/aromatic N) is 3. The lowest BCUT2D eigenvalue weighted by molar-refractivity contribution is -0.143. The van der Waals surface area contributed by atoms with Gasteiger partial charge in [-0.25, -0.2) is 4.39 Å². The molecule has 5 nitrogen and oxygen atoms in total. The molecule has 2 aliphatic heterocycles. The molecule has 3 heterocycles. The van der Waals surface area contributed by atoms with Gasteiger partial charge < -0.3 is 10.0 Å². The summed E-state index contributed by atoms with van der Waals surface area (Å²) in [7, 11) is 2.20. The van der Waals surface area contributed by atoms with Gasteiger partial charge in [0.25, 0.3) is 0 Å². The molecule has 41 heavy (non-hydrogen) atoms. The van der Waals surface area contributed by atoms with Gasteiger partial charge in [0.2, 0.25) is 0 Å². The van der Waals surface area contributed by atoms with E-state index in [9.17, 15) is 14.3 Å². The molecule has 0 radical (unpaired) electrons. The van der Waals surface area contributed by atoms with Crippen molar-refractivity contribution in [3.05, 3.63) is 101 Å². The Bertz CT molecular complexity index is 1260. The van der Waals surface area contributed by atoms with Crippen LogP contribution in [0.3, 0.4) is 0 Å². The van der Waals surface area contributed by atoms with E-state index >= 15 is 0 Å². The van der Waals surface area contributed by atoms with Gasteiger partial charge in [-0.2, -0.15) is 0 Å². The van der Waals surface area contributed by atoms with Crippen molar-refractivity contribution < 1.29 is 14.3 Å². The maximum atomic E-state index is 13.3. The Hall–Kier alpha value is -3.09. The van der Waals surface area contributed by atoms with Crippen LogP contribution in [0.25, 0.3) is 0 Å². The Morgan fingerprint density at radius 2 is 1.66 bits per heavy atom. The zero-order chi connectivity index (χ0) is 28.6. The maximum absolute atomic E-state index is 13.3. The number of piperidine rings is 1. The highest BCUT2D eigenvalue weighted by Crippen LogP contribution is 2.35. The summed E-state index contributed by atoms with van der Waals surface area (Å²) in [6, 6.07) is 23.4. The normalized spacial score (nSPS) is 21.1. The number of hydrogen-bond donors (Lipinski definition) is 1. The molecule has 2 saturated heterocycles. The molecular formula is C35H44FN3O2. The quantitative estimate of drug-likeness (QED) is 0.332. The highest BCUT2D eigenvalue weighted by molar-refractivity contribution is 5.73. The first kappa shape index (κ1) is 29.4. The lowest BCUT2D eigenvalue weighted by Crippen LogP contribution is -2.41. The van der Waals surface area contributed by atoms with Crippen molar-refractivity contribution in [1.82, 2.24) is 14.8 Å². The molecule has 6 heteroatoms. The number of halogens is 1. The summed E-state index contributed by atoms with van der Waals surface area (Å²) in [6.45, 7) is 3.91. The van der Waals surface area contributed by atoms with Crippen LogP contribution >= 0.6 is 0 Å². The number of aliphatic carboxylic acids is 1. The summed E-state index contributed by atoms with van der Waals surface area (Å²) < 4.78 is 13.3. The van der Waals surface area contributed by atoms with Gasteiger partial charge in [0.05, 0.1) is 0 Å². The van der Waals surface area contributed by atoms with E-state index in [2.05, 4.69) is 65.4 Å². The zero-order valence-electron chi connectivity index (χ0n) is 24.3. The van der Waals surface area contributed by atoms with Gasteiger partial charge in [-0.1, -0.05) is 67.8 Å². The van der Waals surface area contributed by atoms with Gasteiger partial charge in [-0.15, -0.1) is 0 Å². The molecule has 218 valence electrons. The number of rotatable bonds is 8. The van der Waals surface area contributed by atoms with Crippen molar-refractivity contribution in [2.75, 3.05) is 33.2 Å². The van der Waals surface area contributed by atoms with Crippen LogP contribution in [0.15, 0.2) is 72.8 Å². The Morgan fingerprint density at radius 1 is 0.927 bits per heavy atom. The first-order chi connectivity index (χ1) is 19.9. The highest BCUT2D eigenvalue weighted by Gasteiger charge is 2.35. The second-order valence-electron chi connectivity index (χ2n) is 12.2. The minimum absolute atomic E-state index is 0.213. The molecule has 0 bridgehead atoms. The van der Waals surface area contributed by atoms with E-state index in [1.54, 1.807) is 12.1 Å². The number of benzene rings is 2. The predicted octanol–water partition coefficient (Wildman–Crippen LogP) is 6.74. The predicted molar refractivity (Wildman–Crippen MR) is 162 cm³/mol. The van der Waals surface area contributed by atoms with E-state index in [1.165, 1.54) is 68.2 Å². The van der Waals surface area contributed by atoms with Crippen molar-refractivity contribution in [3.63, 3.8) is 0 Å².